The molecule has 132 valence electrons. The van der Waals surface area contributed by atoms with Crippen molar-refractivity contribution in [1.82, 2.24) is 5.32 Å². The molecule has 2 aromatic carbocycles. The molecule has 0 aliphatic heterocycles. The van der Waals surface area contributed by atoms with Gasteiger partial charge in [-0.3, -0.25) is 14.9 Å². The maximum absolute atomic E-state index is 12.2. The van der Waals surface area contributed by atoms with Crippen LogP contribution < -0.4 is 16.4 Å². The van der Waals surface area contributed by atoms with Crippen LogP contribution >= 0.6 is 23.2 Å². The Kier molecular flexibility index (Phi) is 6.82. The fourth-order valence-electron chi connectivity index (χ4n) is 2.18. The van der Waals surface area contributed by atoms with E-state index in [0.717, 1.165) is 5.56 Å². The van der Waals surface area contributed by atoms with E-state index >= 15 is 0 Å². The number of imide groups is 1. The molecule has 25 heavy (non-hydrogen) atoms. The van der Waals surface area contributed by atoms with Crippen LogP contribution in [0.3, 0.4) is 0 Å². The van der Waals surface area contributed by atoms with Crippen LogP contribution in [0.15, 0.2) is 48.5 Å². The van der Waals surface area contributed by atoms with Gasteiger partial charge < -0.3 is 11.1 Å². The number of anilines is 1. The molecule has 0 bridgehead atoms. The van der Waals surface area contributed by atoms with Gasteiger partial charge in [0.1, 0.15) is 6.04 Å². The predicted molar refractivity (Wildman–Crippen MR) is 101 cm³/mol. The normalized spacial score (nSPS) is 13.0. The molecule has 7 heteroatoms. The summed E-state index contributed by atoms with van der Waals surface area (Å²) < 4.78 is 0. The number of benzene rings is 2. The minimum Gasteiger partial charge on any atom is -0.374 e. The van der Waals surface area contributed by atoms with Gasteiger partial charge in [-0.25, -0.2) is 0 Å². The first kappa shape index (κ1) is 19.2. The Labute approximate surface area is 156 Å². The van der Waals surface area contributed by atoms with Crippen LogP contribution in [0, 0.1) is 0 Å². The molecule has 0 unspecified atom stereocenters. The topological polar surface area (TPSA) is 84.2 Å². The van der Waals surface area contributed by atoms with Crippen molar-refractivity contribution in [2.75, 3.05) is 5.32 Å². The molecular weight excluding hydrogens is 361 g/mol. The number of hydrogen-bond acceptors (Lipinski definition) is 4. The van der Waals surface area contributed by atoms with E-state index in [0.29, 0.717) is 22.2 Å². The van der Waals surface area contributed by atoms with E-state index in [4.69, 9.17) is 28.9 Å². The van der Waals surface area contributed by atoms with Crippen LogP contribution in [0.1, 0.15) is 12.5 Å². The molecule has 2 rings (SSSR count). The van der Waals surface area contributed by atoms with Gasteiger partial charge in [-0.1, -0.05) is 53.5 Å². The highest BCUT2D eigenvalue weighted by Gasteiger charge is 2.20. The average molecular weight is 380 g/mol. The molecule has 0 spiro atoms. The fourth-order valence-corrected chi connectivity index (χ4v) is 2.48. The summed E-state index contributed by atoms with van der Waals surface area (Å²) in [6.45, 7) is 1.63. The van der Waals surface area contributed by atoms with Crippen molar-refractivity contribution in [1.29, 1.82) is 0 Å². The summed E-state index contributed by atoms with van der Waals surface area (Å²) in [5.74, 6) is -0.990. The molecule has 0 heterocycles. The van der Waals surface area contributed by atoms with E-state index in [2.05, 4.69) is 10.6 Å². The Balaban J connectivity index is 1.89. The quantitative estimate of drug-likeness (QED) is 0.719. The number of carbonyl (C=O) groups is 2. The lowest BCUT2D eigenvalue weighted by Crippen LogP contribution is -2.48. The Morgan fingerprint density at radius 2 is 1.72 bits per heavy atom. The maximum Gasteiger partial charge on any atom is 0.248 e. The highest BCUT2D eigenvalue weighted by Crippen LogP contribution is 2.25. The zero-order chi connectivity index (χ0) is 18.4. The van der Waals surface area contributed by atoms with E-state index in [-0.39, 0.29) is 0 Å². The molecule has 0 saturated carbocycles. The van der Waals surface area contributed by atoms with Gasteiger partial charge in [0.05, 0.1) is 16.1 Å². The number of rotatable bonds is 6. The predicted octanol–water partition coefficient (Wildman–Crippen LogP) is 3.01. The Morgan fingerprint density at radius 3 is 2.36 bits per heavy atom. The largest absolute Gasteiger partial charge is 0.374 e. The monoisotopic (exact) mass is 379 g/mol. The summed E-state index contributed by atoms with van der Waals surface area (Å²) in [6.07, 6.45) is 0.356. The highest BCUT2D eigenvalue weighted by atomic mass is 35.5. The second-order valence-corrected chi connectivity index (χ2v) is 6.46. The lowest BCUT2D eigenvalue weighted by molar-refractivity contribution is -0.131. The van der Waals surface area contributed by atoms with Crippen molar-refractivity contribution in [3.63, 3.8) is 0 Å². The van der Waals surface area contributed by atoms with Crippen molar-refractivity contribution in [2.24, 2.45) is 5.73 Å². The summed E-state index contributed by atoms with van der Waals surface area (Å²) in [5.41, 5.74) is 7.42. The minimum absolute atomic E-state index is 0.356. The number of hydrogen-bond donors (Lipinski definition) is 3. The first-order chi connectivity index (χ1) is 11.9. The summed E-state index contributed by atoms with van der Waals surface area (Å²) in [7, 11) is 0. The standard InChI is InChI=1S/C18H19Cl2N3O2/c1-11(22-13-7-8-14(19)15(20)10-13)17(24)23-18(25)16(21)9-12-5-3-2-4-6-12/h2-8,10-11,16,22H,9,21H2,1H3,(H,23,24,25)/t11-,16-/m0/s1. The zero-order valence-corrected chi connectivity index (χ0v) is 15.1. The SMILES string of the molecule is C[C@H](Nc1ccc(Cl)c(Cl)c1)C(=O)NC(=O)[C@@H](N)Cc1ccccc1. The van der Waals surface area contributed by atoms with Crippen LogP contribution in [0.2, 0.25) is 10.0 Å². The Hall–Kier alpha value is -2.08. The second-order valence-electron chi connectivity index (χ2n) is 5.64. The van der Waals surface area contributed by atoms with Gasteiger partial charge in [-0.05, 0) is 37.1 Å². The molecule has 4 N–H and O–H groups in total. The van der Waals surface area contributed by atoms with Crippen LogP contribution in [0.25, 0.3) is 0 Å². The third-order valence-electron chi connectivity index (χ3n) is 3.58. The van der Waals surface area contributed by atoms with E-state index in [1.54, 1.807) is 25.1 Å². The van der Waals surface area contributed by atoms with Crippen molar-refractivity contribution < 1.29 is 9.59 Å². The summed E-state index contributed by atoms with van der Waals surface area (Å²) in [5, 5.41) is 6.07. The summed E-state index contributed by atoms with van der Waals surface area (Å²) in [6, 6.07) is 12.9. The third-order valence-corrected chi connectivity index (χ3v) is 4.32. The first-order valence-corrected chi connectivity index (χ1v) is 8.48. The Bertz CT molecular complexity index is 753. The smallest absolute Gasteiger partial charge is 0.248 e. The minimum atomic E-state index is -0.802. The fraction of sp³-hybridized carbons (Fsp3) is 0.222. The van der Waals surface area contributed by atoms with Crippen molar-refractivity contribution >= 4 is 40.7 Å². The number of carbonyl (C=O) groups excluding carboxylic acids is 2. The van der Waals surface area contributed by atoms with Gasteiger partial charge in [0.25, 0.3) is 0 Å². The van der Waals surface area contributed by atoms with Crippen molar-refractivity contribution in [3.05, 3.63) is 64.1 Å². The van der Waals surface area contributed by atoms with E-state index in [1.165, 1.54) is 0 Å². The average Bonchev–Trinajstić information content (AvgIpc) is 2.58. The van der Waals surface area contributed by atoms with E-state index < -0.39 is 23.9 Å². The molecule has 0 aromatic heterocycles. The second kappa shape index (κ2) is 8.85. The van der Waals surface area contributed by atoms with Gasteiger partial charge >= 0.3 is 0 Å². The van der Waals surface area contributed by atoms with Gasteiger partial charge in [-0.15, -0.1) is 0 Å². The lowest BCUT2D eigenvalue weighted by atomic mass is 10.1. The van der Waals surface area contributed by atoms with Crippen LogP contribution in [0.4, 0.5) is 5.69 Å². The summed E-state index contributed by atoms with van der Waals surface area (Å²) in [4.78, 5) is 24.2. The number of nitrogens with two attached hydrogens (primary N) is 1. The maximum atomic E-state index is 12.2. The molecule has 0 aliphatic rings. The summed E-state index contributed by atoms with van der Waals surface area (Å²) >= 11 is 11.8. The van der Waals surface area contributed by atoms with E-state index in [1.807, 2.05) is 30.3 Å². The molecular formula is C18H19Cl2N3O2. The van der Waals surface area contributed by atoms with Gasteiger partial charge in [0.2, 0.25) is 11.8 Å². The lowest BCUT2D eigenvalue weighted by Gasteiger charge is -2.17. The molecule has 0 fully saturated rings. The Morgan fingerprint density at radius 1 is 1.04 bits per heavy atom. The van der Waals surface area contributed by atoms with Gasteiger partial charge in [-0.2, -0.15) is 0 Å². The molecule has 2 atom stereocenters. The molecule has 2 aromatic rings. The zero-order valence-electron chi connectivity index (χ0n) is 13.6. The third kappa shape index (κ3) is 5.74. The van der Waals surface area contributed by atoms with Crippen LogP contribution in [-0.4, -0.2) is 23.9 Å². The van der Waals surface area contributed by atoms with Crippen LogP contribution in [0.5, 0.6) is 0 Å². The number of nitrogens with one attached hydrogen (secondary N) is 2. The number of amides is 2. The molecule has 0 radical (unpaired) electrons. The molecule has 5 nitrogen and oxygen atoms in total. The molecule has 0 saturated heterocycles. The number of halogens is 2. The molecule has 0 aliphatic carbocycles. The first-order valence-electron chi connectivity index (χ1n) is 7.72. The molecule has 2 amide bonds. The van der Waals surface area contributed by atoms with Crippen molar-refractivity contribution in [3.8, 4) is 0 Å². The van der Waals surface area contributed by atoms with Gasteiger partial charge in [0, 0.05) is 5.69 Å². The van der Waals surface area contributed by atoms with Crippen LogP contribution in [-0.2, 0) is 16.0 Å². The van der Waals surface area contributed by atoms with Gasteiger partial charge in [0.15, 0.2) is 0 Å². The van der Waals surface area contributed by atoms with Crippen molar-refractivity contribution in [2.45, 2.75) is 25.4 Å². The highest BCUT2D eigenvalue weighted by molar-refractivity contribution is 6.42. The van der Waals surface area contributed by atoms with E-state index in [9.17, 15) is 9.59 Å².